The number of nitrogens with one attached hydrogen (secondary N) is 1. The molecule has 25 heavy (non-hydrogen) atoms. The van der Waals surface area contributed by atoms with Crippen LogP contribution in [0.3, 0.4) is 0 Å². The maximum Gasteiger partial charge on any atom is 0.225 e. The number of imidazole rings is 1. The van der Waals surface area contributed by atoms with E-state index in [4.69, 9.17) is 0 Å². The molecule has 1 saturated heterocycles. The summed E-state index contributed by atoms with van der Waals surface area (Å²) in [4.78, 5) is 34.7. The molecule has 3 rings (SSSR count). The lowest BCUT2D eigenvalue weighted by molar-refractivity contribution is -0.129. The fourth-order valence-corrected chi connectivity index (χ4v) is 3.09. The molecule has 0 unspecified atom stereocenters. The van der Waals surface area contributed by atoms with E-state index in [1.165, 1.54) is 0 Å². The minimum absolute atomic E-state index is 0.00804. The van der Waals surface area contributed by atoms with E-state index in [9.17, 15) is 9.59 Å². The first-order valence-electron chi connectivity index (χ1n) is 8.62. The van der Waals surface area contributed by atoms with Gasteiger partial charge in [-0.15, -0.1) is 0 Å². The SMILES string of the molecule is CCc1nccn1CCNC(=O)[C@@H]1CC(=O)N(Cc2ccccn2)C1. The van der Waals surface area contributed by atoms with Crippen LogP contribution < -0.4 is 5.32 Å². The quantitative estimate of drug-likeness (QED) is 0.815. The van der Waals surface area contributed by atoms with Crippen LogP contribution in [-0.2, 0) is 29.1 Å². The number of rotatable bonds is 7. The molecule has 132 valence electrons. The highest BCUT2D eigenvalue weighted by Crippen LogP contribution is 2.19. The molecule has 1 atom stereocenters. The fourth-order valence-electron chi connectivity index (χ4n) is 3.09. The molecule has 7 heteroatoms. The van der Waals surface area contributed by atoms with E-state index in [1.807, 2.05) is 29.0 Å². The molecule has 0 bridgehead atoms. The maximum atomic E-state index is 12.3. The first-order chi connectivity index (χ1) is 12.2. The van der Waals surface area contributed by atoms with Crippen molar-refractivity contribution in [3.8, 4) is 0 Å². The number of pyridine rings is 1. The highest BCUT2D eigenvalue weighted by Gasteiger charge is 2.34. The largest absolute Gasteiger partial charge is 0.354 e. The third kappa shape index (κ3) is 4.23. The molecule has 0 saturated carbocycles. The molecule has 1 aliphatic heterocycles. The van der Waals surface area contributed by atoms with Crippen LogP contribution in [0.4, 0.5) is 0 Å². The minimum atomic E-state index is -0.287. The number of aryl methyl sites for hydroxylation is 1. The molecular weight excluding hydrogens is 318 g/mol. The molecule has 3 heterocycles. The van der Waals surface area contributed by atoms with Crippen molar-refractivity contribution in [2.45, 2.75) is 32.9 Å². The zero-order valence-electron chi connectivity index (χ0n) is 14.4. The number of nitrogens with zero attached hydrogens (tertiary/aromatic N) is 4. The predicted molar refractivity (Wildman–Crippen MR) is 92.4 cm³/mol. The molecule has 0 radical (unpaired) electrons. The van der Waals surface area contributed by atoms with Gasteiger partial charge in [-0.1, -0.05) is 13.0 Å². The van der Waals surface area contributed by atoms with Crippen LogP contribution in [0.2, 0.25) is 0 Å². The number of carbonyl (C=O) groups is 2. The van der Waals surface area contributed by atoms with E-state index < -0.39 is 0 Å². The molecule has 7 nitrogen and oxygen atoms in total. The van der Waals surface area contributed by atoms with Crippen LogP contribution in [-0.4, -0.2) is 44.3 Å². The van der Waals surface area contributed by atoms with Gasteiger partial charge in [0.15, 0.2) is 0 Å². The molecule has 1 N–H and O–H groups in total. The lowest BCUT2D eigenvalue weighted by Crippen LogP contribution is -2.34. The fraction of sp³-hybridized carbons (Fsp3) is 0.444. The van der Waals surface area contributed by atoms with Gasteiger partial charge in [-0.2, -0.15) is 0 Å². The van der Waals surface area contributed by atoms with E-state index in [2.05, 4.69) is 22.2 Å². The van der Waals surface area contributed by atoms with Gasteiger partial charge in [-0.05, 0) is 12.1 Å². The second kappa shape index (κ2) is 7.92. The zero-order valence-corrected chi connectivity index (χ0v) is 14.4. The normalized spacial score (nSPS) is 17.1. The Morgan fingerprint density at radius 3 is 2.96 bits per heavy atom. The first kappa shape index (κ1) is 17.1. The van der Waals surface area contributed by atoms with Gasteiger partial charge < -0.3 is 14.8 Å². The molecule has 2 aromatic rings. The van der Waals surface area contributed by atoms with Crippen molar-refractivity contribution < 1.29 is 9.59 Å². The van der Waals surface area contributed by atoms with E-state index in [0.717, 1.165) is 17.9 Å². The van der Waals surface area contributed by atoms with Crippen LogP contribution >= 0.6 is 0 Å². The van der Waals surface area contributed by atoms with E-state index in [1.54, 1.807) is 17.3 Å². The summed E-state index contributed by atoms with van der Waals surface area (Å²) < 4.78 is 2.04. The third-order valence-corrected chi connectivity index (χ3v) is 4.43. The lowest BCUT2D eigenvalue weighted by atomic mass is 10.1. The smallest absolute Gasteiger partial charge is 0.225 e. The predicted octanol–water partition coefficient (Wildman–Crippen LogP) is 1.01. The van der Waals surface area contributed by atoms with Crippen molar-refractivity contribution >= 4 is 11.8 Å². The van der Waals surface area contributed by atoms with Gasteiger partial charge in [0.2, 0.25) is 11.8 Å². The summed E-state index contributed by atoms with van der Waals surface area (Å²) in [6, 6.07) is 5.63. The van der Waals surface area contributed by atoms with Crippen LogP contribution in [0.25, 0.3) is 0 Å². The van der Waals surface area contributed by atoms with Crippen LogP contribution in [0, 0.1) is 5.92 Å². The number of likely N-dealkylation sites (tertiary alicyclic amines) is 1. The van der Waals surface area contributed by atoms with Crippen molar-refractivity contribution in [3.63, 3.8) is 0 Å². The topological polar surface area (TPSA) is 80.1 Å². The summed E-state index contributed by atoms with van der Waals surface area (Å²) in [7, 11) is 0. The Balaban J connectivity index is 1.47. The number of amides is 2. The summed E-state index contributed by atoms with van der Waals surface area (Å²) in [6.45, 7) is 4.18. The van der Waals surface area contributed by atoms with E-state index >= 15 is 0 Å². The van der Waals surface area contributed by atoms with Gasteiger partial charge in [0, 0.05) is 51.1 Å². The molecule has 2 amide bonds. The Morgan fingerprint density at radius 1 is 1.32 bits per heavy atom. The Bertz CT molecular complexity index is 728. The standard InChI is InChI=1S/C18H23N5O2/c1-2-16-20-7-9-22(16)10-8-21-18(25)14-11-17(24)23(12-14)13-15-5-3-4-6-19-15/h3-7,9,14H,2,8,10-13H2,1H3,(H,21,25)/t14-/m1/s1. The maximum absolute atomic E-state index is 12.3. The molecule has 1 aliphatic rings. The summed E-state index contributed by atoms with van der Waals surface area (Å²) in [6.07, 6.45) is 6.52. The Kier molecular flexibility index (Phi) is 5.42. The van der Waals surface area contributed by atoms with Crippen LogP contribution in [0.1, 0.15) is 24.9 Å². The molecule has 0 aliphatic carbocycles. The summed E-state index contributed by atoms with van der Waals surface area (Å²) in [5.74, 6) is 0.667. The average Bonchev–Trinajstić information content (AvgIpc) is 3.22. The summed E-state index contributed by atoms with van der Waals surface area (Å²) >= 11 is 0. The highest BCUT2D eigenvalue weighted by atomic mass is 16.2. The number of aromatic nitrogens is 3. The number of hydrogen-bond donors (Lipinski definition) is 1. The molecule has 2 aromatic heterocycles. The van der Waals surface area contributed by atoms with Gasteiger partial charge in [-0.25, -0.2) is 4.98 Å². The Morgan fingerprint density at radius 2 is 2.20 bits per heavy atom. The number of carbonyl (C=O) groups excluding carboxylic acids is 2. The Labute approximate surface area is 147 Å². The van der Waals surface area contributed by atoms with Crippen molar-refractivity contribution in [2.75, 3.05) is 13.1 Å². The lowest BCUT2D eigenvalue weighted by Gasteiger charge is -2.16. The molecule has 1 fully saturated rings. The molecule has 0 spiro atoms. The van der Waals surface area contributed by atoms with Gasteiger partial charge in [-0.3, -0.25) is 14.6 Å². The second-order valence-corrected chi connectivity index (χ2v) is 6.18. The summed E-state index contributed by atoms with van der Waals surface area (Å²) in [5.41, 5.74) is 0.837. The second-order valence-electron chi connectivity index (χ2n) is 6.18. The summed E-state index contributed by atoms with van der Waals surface area (Å²) in [5, 5.41) is 2.94. The van der Waals surface area contributed by atoms with Crippen molar-refractivity contribution in [3.05, 3.63) is 48.3 Å². The average molecular weight is 341 g/mol. The highest BCUT2D eigenvalue weighted by molar-refractivity contribution is 5.89. The van der Waals surface area contributed by atoms with Crippen molar-refractivity contribution in [1.82, 2.24) is 24.8 Å². The van der Waals surface area contributed by atoms with Crippen molar-refractivity contribution in [1.29, 1.82) is 0 Å². The van der Waals surface area contributed by atoms with Crippen LogP contribution in [0.5, 0.6) is 0 Å². The minimum Gasteiger partial charge on any atom is -0.354 e. The monoisotopic (exact) mass is 341 g/mol. The van der Waals surface area contributed by atoms with E-state index in [-0.39, 0.29) is 24.2 Å². The number of hydrogen-bond acceptors (Lipinski definition) is 4. The Hall–Kier alpha value is -2.70. The molecule has 0 aromatic carbocycles. The van der Waals surface area contributed by atoms with Gasteiger partial charge in [0.1, 0.15) is 5.82 Å². The first-order valence-corrected chi connectivity index (χ1v) is 8.62. The van der Waals surface area contributed by atoms with Crippen molar-refractivity contribution in [2.24, 2.45) is 5.92 Å². The van der Waals surface area contributed by atoms with Gasteiger partial charge in [0.05, 0.1) is 18.2 Å². The zero-order chi connectivity index (χ0) is 17.6. The third-order valence-electron chi connectivity index (χ3n) is 4.43. The molecular formula is C18H23N5O2. The van der Waals surface area contributed by atoms with Crippen LogP contribution in [0.15, 0.2) is 36.8 Å². The van der Waals surface area contributed by atoms with Gasteiger partial charge in [0.25, 0.3) is 0 Å². The van der Waals surface area contributed by atoms with Gasteiger partial charge >= 0.3 is 0 Å². The van der Waals surface area contributed by atoms with E-state index in [0.29, 0.717) is 26.2 Å².